The molecule has 1 heterocycles. The van der Waals surface area contributed by atoms with E-state index in [0.717, 1.165) is 9.37 Å². The second-order valence-electron chi connectivity index (χ2n) is 5.62. The van der Waals surface area contributed by atoms with E-state index >= 15 is 0 Å². The maximum Gasteiger partial charge on any atom is 0.331 e. The molecule has 0 radical (unpaired) electrons. The minimum atomic E-state index is -0.994. The number of nitrogens with one attached hydrogen (secondary N) is 1. The lowest BCUT2D eigenvalue weighted by atomic mass is 9.91. The molecule has 112 valence electrons. The average Bonchev–Trinajstić information content (AvgIpc) is 2.37. The van der Waals surface area contributed by atoms with Crippen LogP contribution >= 0.6 is 15.9 Å². The maximum atomic E-state index is 12.7. The first-order chi connectivity index (χ1) is 9.77. The van der Waals surface area contributed by atoms with Crippen LogP contribution < -0.4 is 5.32 Å². The molecule has 1 saturated heterocycles. The van der Waals surface area contributed by atoms with Crippen LogP contribution in [0.25, 0.3) is 0 Å². The Kier molecular flexibility index (Phi) is 4.18. The van der Waals surface area contributed by atoms with Crippen LogP contribution in [0.4, 0.5) is 4.79 Å². The fourth-order valence-electron chi connectivity index (χ4n) is 2.29. The lowest BCUT2D eigenvalue weighted by Gasteiger charge is -2.40. The quantitative estimate of drug-likeness (QED) is 0.850. The van der Waals surface area contributed by atoms with Gasteiger partial charge in [-0.05, 0) is 38.0 Å². The SMILES string of the molecule is CCC(C)(C)N1C(=O)NC(=O)C(c2cccc(Br)c2)C1=O. The molecule has 0 saturated carbocycles. The van der Waals surface area contributed by atoms with E-state index in [2.05, 4.69) is 21.2 Å². The van der Waals surface area contributed by atoms with E-state index in [0.29, 0.717) is 12.0 Å². The van der Waals surface area contributed by atoms with E-state index in [-0.39, 0.29) is 0 Å². The van der Waals surface area contributed by atoms with E-state index in [1.807, 2.05) is 13.0 Å². The van der Waals surface area contributed by atoms with Gasteiger partial charge in [-0.25, -0.2) is 4.79 Å². The van der Waals surface area contributed by atoms with E-state index in [1.165, 1.54) is 0 Å². The summed E-state index contributed by atoms with van der Waals surface area (Å²) in [5.74, 6) is -2.05. The fourth-order valence-corrected chi connectivity index (χ4v) is 2.70. The zero-order valence-corrected chi connectivity index (χ0v) is 13.7. The summed E-state index contributed by atoms with van der Waals surface area (Å²) >= 11 is 3.33. The number of carbonyl (C=O) groups excluding carboxylic acids is 3. The zero-order valence-electron chi connectivity index (χ0n) is 12.1. The predicted octanol–water partition coefficient (Wildman–Crippen LogP) is 2.80. The Morgan fingerprint density at radius 1 is 1.29 bits per heavy atom. The Hall–Kier alpha value is -1.69. The summed E-state index contributed by atoms with van der Waals surface area (Å²) in [7, 11) is 0. The lowest BCUT2D eigenvalue weighted by Crippen LogP contribution is -2.63. The molecule has 2 rings (SSSR count). The molecule has 0 bridgehead atoms. The van der Waals surface area contributed by atoms with Crippen molar-refractivity contribution < 1.29 is 14.4 Å². The number of halogens is 1. The molecule has 6 heteroatoms. The van der Waals surface area contributed by atoms with Crippen LogP contribution in [0.3, 0.4) is 0 Å². The molecule has 4 amide bonds. The number of barbiturate groups is 1. The molecule has 21 heavy (non-hydrogen) atoms. The standard InChI is InChI=1S/C15H17BrN2O3/c1-4-15(2,3)18-13(20)11(12(19)17-14(18)21)9-6-5-7-10(16)8-9/h5-8,11H,4H2,1-3H3,(H,17,19,21). The molecule has 0 aliphatic carbocycles. The van der Waals surface area contributed by atoms with Crippen LogP contribution in [0.2, 0.25) is 0 Å². The van der Waals surface area contributed by atoms with Gasteiger partial charge in [-0.3, -0.25) is 19.8 Å². The highest BCUT2D eigenvalue weighted by Gasteiger charge is 2.46. The normalized spacial score (nSPS) is 19.7. The Morgan fingerprint density at radius 2 is 1.95 bits per heavy atom. The molecule has 0 aromatic heterocycles. The third-order valence-electron chi connectivity index (χ3n) is 3.82. The molecule has 0 spiro atoms. The number of imide groups is 2. The Bertz CT molecular complexity index is 613. The van der Waals surface area contributed by atoms with E-state index in [1.54, 1.807) is 32.0 Å². The smallest absolute Gasteiger partial charge is 0.277 e. The van der Waals surface area contributed by atoms with Gasteiger partial charge in [-0.1, -0.05) is 35.0 Å². The number of urea groups is 1. The van der Waals surface area contributed by atoms with Crippen molar-refractivity contribution in [1.29, 1.82) is 0 Å². The van der Waals surface area contributed by atoms with Crippen LogP contribution in [0.5, 0.6) is 0 Å². The van der Waals surface area contributed by atoms with Crippen molar-refractivity contribution in [2.24, 2.45) is 0 Å². The lowest BCUT2D eigenvalue weighted by molar-refractivity contribution is -0.142. The van der Waals surface area contributed by atoms with Crippen molar-refractivity contribution in [3.63, 3.8) is 0 Å². The zero-order chi connectivity index (χ0) is 15.8. The van der Waals surface area contributed by atoms with Crippen LogP contribution in [-0.4, -0.2) is 28.3 Å². The number of benzene rings is 1. The average molecular weight is 353 g/mol. The predicted molar refractivity (Wildman–Crippen MR) is 81.6 cm³/mol. The number of rotatable bonds is 3. The Morgan fingerprint density at radius 3 is 2.52 bits per heavy atom. The van der Waals surface area contributed by atoms with Crippen molar-refractivity contribution in [3.8, 4) is 0 Å². The van der Waals surface area contributed by atoms with Gasteiger partial charge in [0, 0.05) is 10.0 Å². The monoisotopic (exact) mass is 352 g/mol. The second kappa shape index (κ2) is 5.60. The first kappa shape index (κ1) is 15.7. The molecule has 1 fully saturated rings. The molecule has 1 N–H and O–H groups in total. The van der Waals surface area contributed by atoms with Gasteiger partial charge in [-0.2, -0.15) is 0 Å². The summed E-state index contributed by atoms with van der Waals surface area (Å²) in [6.45, 7) is 5.50. The van der Waals surface area contributed by atoms with Crippen molar-refractivity contribution in [2.45, 2.75) is 38.6 Å². The van der Waals surface area contributed by atoms with Gasteiger partial charge in [0.15, 0.2) is 0 Å². The summed E-state index contributed by atoms with van der Waals surface area (Å²) in [5, 5.41) is 2.28. The van der Waals surface area contributed by atoms with Gasteiger partial charge in [-0.15, -0.1) is 0 Å². The summed E-state index contributed by atoms with van der Waals surface area (Å²) in [4.78, 5) is 38.0. The summed E-state index contributed by atoms with van der Waals surface area (Å²) < 4.78 is 0.777. The van der Waals surface area contributed by atoms with E-state index in [9.17, 15) is 14.4 Å². The number of hydrogen-bond acceptors (Lipinski definition) is 3. The Balaban J connectivity index is 2.45. The summed E-state index contributed by atoms with van der Waals surface area (Å²) in [5.41, 5.74) is -0.0807. The van der Waals surface area contributed by atoms with E-state index < -0.39 is 29.3 Å². The summed E-state index contributed by atoms with van der Waals surface area (Å²) in [6, 6.07) is 6.34. The Labute approximate surface area is 131 Å². The van der Waals surface area contributed by atoms with Crippen molar-refractivity contribution in [1.82, 2.24) is 10.2 Å². The highest BCUT2D eigenvalue weighted by molar-refractivity contribution is 9.10. The van der Waals surface area contributed by atoms with Crippen molar-refractivity contribution >= 4 is 33.8 Å². The second-order valence-corrected chi connectivity index (χ2v) is 6.54. The van der Waals surface area contributed by atoms with Crippen LogP contribution in [-0.2, 0) is 9.59 Å². The van der Waals surface area contributed by atoms with Gasteiger partial charge in [0.05, 0.1) is 0 Å². The van der Waals surface area contributed by atoms with Crippen molar-refractivity contribution in [2.75, 3.05) is 0 Å². The fraction of sp³-hybridized carbons (Fsp3) is 0.400. The summed E-state index contributed by atoms with van der Waals surface area (Å²) in [6.07, 6.45) is 0.603. The van der Waals surface area contributed by atoms with Crippen LogP contribution in [0.1, 0.15) is 38.7 Å². The molecule has 1 aliphatic heterocycles. The highest BCUT2D eigenvalue weighted by Crippen LogP contribution is 2.30. The minimum Gasteiger partial charge on any atom is -0.277 e. The van der Waals surface area contributed by atoms with Gasteiger partial charge in [0.2, 0.25) is 11.8 Å². The number of nitrogens with zero attached hydrogens (tertiary/aromatic N) is 1. The maximum absolute atomic E-state index is 12.7. The van der Waals surface area contributed by atoms with Gasteiger partial charge in [0.1, 0.15) is 5.92 Å². The number of hydrogen-bond donors (Lipinski definition) is 1. The van der Waals surface area contributed by atoms with Crippen LogP contribution in [0, 0.1) is 0 Å². The third kappa shape index (κ3) is 2.85. The number of amides is 4. The number of carbonyl (C=O) groups is 3. The first-order valence-corrected chi connectivity index (χ1v) is 7.51. The molecule has 1 aromatic carbocycles. The van der Waals surface area contributed by atoms with Gasteiger partial charge < -0.3 is 0 Å². The topological polar surface area (TPSA) is 66.5 Å². The van der Waals surface area contributed by atoms with Gasteiger partial charge in [0.25, 0.3) is 0 Å². The first-order valence-electron chi connectivity index (χ1n) is 6.72. The third-order valence-corrected chi connectivity index (χ3v) is 4.31. The largest absolute Gasteiger partial charge is 0.331 e. The van der Waals surface area contributed by atoms with Crippen molar-refractivity contribution in [3.05, 3.63) is 34.3 Å². The molecule has 1 aromatic rings. The molecule has 1 aliphatic rings. The molecular formula is C15H17BrN2O3. The molecular weight excluding hydrogens is 336 g/mol. The van der Waals surface area contributed by atoms with E-state index in [4.69, 9.17) is 0 Å². The van der Waals surface area contributed by atoms with Gasteiger partial charge >= 0.3 is 6.03 Å². The molecule has 1 unspecified atom stereocenters. The minimum absolute atomic E-state index is 0.478. The molecule has 5 nitrogen and oxygen atoms in total. The highest BCUT2D eigenvalue weighted by atomic mass is 79.9. The molecule has 1 atom stereocenters. The van der Waals surface area contributed by atoms with Crippen LogP contribution in [0.15, 0.2) is 28.7 Å².